The summed E-state index contributed by atoms with van der Waals surface area (Å²) in [7, 11) is 3.99. The molecule has 0 spiro atoms. The molecule has 12 heteroatoms. The first-order chi connectivity index (χ1) is 18.9. The molecule has 3 aliphatic rings. The van der Waals surface area contributed by atoms with Crippen LogP contribution in [0.2, 0.25) is 0 Å². The summed E-state index contributed by atoms with van der Waals surface area (Å²) in [5.41, 5.74) is -2.00. The molecule has 12 nitrogen and oxygen atoms in total. The van der Waals surface area contributed by atoms with Gasteiger partial charge in [0.2, 0.25) is 5.78 Å². The predicted octanol–water partition coefficient (Wildman–Crippen LogP) is 0.743. The molecule has 2 aromatic rings. The molecule has 0 amide bonds. The minimum atomic E-state index is -1.57. The maximum absolute atomic E-state index is 13.6. The molecular weight excluding hydrogens is 528 g/mol. The fraction of sp³-hybridized carbons (Fsp3) is 0.500. The second-order valence-corrected chi connectivity index (χ2v) is 10.6. The number of aliphatic hydroxyl groups excluding tert-OH is 2. The topological polar surface area (TPSA) is 181 Å². The molecule has 0 saturated carbocycles. The smallest absolute Gasteiger partial charge is 0.201 e. The molecule has 2 aliphatic carbocycles. The fourth-order valence-electron chi connectivity index (χ4n) is 6.01. The van der Waals surface area contributed by atoms with Crippen LogP contribution in [0.25, 0.3) is 0 Å². The Bertz CT molecular complexity index is 1370. The fourth-order valence-corrected chi connectivity index (χ4v) is 6.01. The highest BCUT2D eigenvalue weighted by molar-refractivity contribution is 6.30. The van der Waals surface area contributed by atoms with E-state index in [4.69, 9.17) is 23.7 Å². The molecule has 1 aliphatic heterocycles. The zero-order chi connectivity index (χ0) is 29.3. The van der Waals surface area contributed by atoms with Crippen LogP contribution in [0.5, 0.6) is 17.2 Å². The lowest BCUT2D eigenvalue weighted by Gasteiger charge is -2.47. The number of ether oxygens (including phenoxy) is 5. The van der Waals surface area contributed by atoms with E-state index < -0.39 is 71.6 Å². The minimum absolute atomic E-state index is 0.0708. The van der Waals surface area contributed by atoms with Crippen molar-refractivity contribution in [2.24, 2.45) is 0 Å². The predicted molar refractivity (Wildman–Crippen MR) is 136 cm³/mol. The van der Waals surface area contributed by atoms with Gasteiger partial charge in [-0.2, -0.15) is 0 Å². The number of methoxy groups -OCH3 is 3. The molecule has 1 heterocycles. The van der Waals surface area contributed by atoms with E-state index in [0.717, 1.165) is 0 Å². The molecule has 0 aromatic heterocycles. The zero-order valence-electron chi connectivity index (χ0n) is 22.6. The number of carbonyl (C=O) groups is 2. The number of aliphatic hydroxyl groups is 3. The van der Waals surface area contributed by atoms with Crippen molar-refractivity contribution in [2.75, 3.05) is 21.3 Å². The van der Waals surface area contributed by atoms with Crippen molar-refractivity contribution < 1.29 is 58.8 Å². The van der Waals surface area contributed by atoms with Gasteiger partial charge in [-0.05, 0) is 31.5 Å². The van der Waals surface area contributed by atoms with E-state index in [1.165, 1.54) is 53.4 Å². The maximum Gasteiger partial charge on any atom is 0.201 e. The van der Waals surface area contributed by atoms with Gasteiger partial charge >= 0.3 is 0 Å². The van der Waals surface area contributed by atoms with Crippen LogP contribution in [0.3, 0.4) is 0 Å². The Kier molecular flexibility index (Phi) is 7.16. The number of hydrogen-bond donors (Lipinski definition) is 5. The normalized spacial score (nSPS) is 33.2. The first kappa shape index (κ1) is 28.4. The highest BCUT2D eigenvalue weighted by Crippen LogP contribution is 2.49. The molecule has 3 unspecified atom stereocenters. The van der Waals surface area contributed by atoms with Crippen molar-refractivity contribution in [1.29, 1.82) is 0 Å². The van der Waals surface area contributed by atoms with E-state index in [2.05, 4.69) is 0 Å². The SMILES string of the molecule is COc1cc(O)c2c(c1)C(=O)c1cc3c(c(O)c1C2=O)C(O[C@@H]1O[C@@H](C)[C@H](O)[C@@H](O)[C@H]1OC)C(OC)C(C)(O)C3. The maximum atomic E-state index is 13.6. The number of aromatic hydroxyl groups is 2. The Morgan fingerprint density at radius 2 is 1.62 bits per heavy atom. The van der Waals surface area contributed by atoms with Crippen LogP contribution < -0.4 is 4.74 Å². The van der Waals surface area contributed by atoms with Gasteiger partial charge in [0, 0.05) is 43.4 Å². The number of phenolic OH excluding ortho intramolecular Hbond substituents is 2. The van der Waals surface area contributed by atoms with E-state index in [1.807, 2.05) is 0 Å². The van der Waals surface area contributed by atoms with Crippen LogP contribution >= 0.6 is 0 Å². The number of ketones is 2. The summed E-state index contributed by atoms with van der Waals surface area (Å²) in [6.45, 7) is 3.03. The standard InChI is InChI=1S/C28H32O12/c1-10-19(30)23(34)25(37-4)27(39-10)40-24-16-11(9-28(2,35)26(24)38-5)6-13-18(21(16)32)22(33)17-14(20(13)31)7-12(36-3)8-15(17)29/h6-8,10,19,23-27,29-30,32,34-35H,9H2,1-5H3/t10-,19-,23+,24?,25+,26?,27-,28?/m0/s1. The second kappa shape index (κ2) is 10.1. The van der Waals surface area contributed by atoms with Gasteiger partial charge in [0.15, 0.2) is 12.1 Å². The summed E-state index contributed by atoms with van der Waals surface area (Å²) in [5, 5.41) is 54.4. The van der Waals surface area contributed by atoms with Gasteiger partial charge in [-0.1, -0.05) is 0 Å². The van der Waals surface area contributed by atoms with Crippen LogP contribution in [-0.4, -0.2) is 101 Å². The first-order valence-corrected chi connectivity index (χ1v) is 12.7. The number of benzene rings is 2. The Labute approximate surface area is 229 Å². The molecule has 5 N–H and O–H groups in total. The van der Waals surface area contributed by atoms with Crippen LogP contribution in [-0.2, 0) is 25.4 Å². The van der Waals surface area contributed by atoms with Gasteiger partial charge in [0.25, 0.3) is 0 Å². The molecule has 40 heavy (non-hydrogen) atoms. The highest BCUT2D eigenvalue weighted by Gasteiger charge is 2.52. The van der Waals surface area contributed by atoms with Gasteiger partial charge in [0.05, 0.1) is 29.9 Å². The number of hydrogen-bond acceptors (Lipinski definition) is 12. The largest absolute Gasteiger partial charge is 0.507 e. The second-order valence-electron chi connectivity index (χ2n) is 10.6. The lowest BCUT2D eigenvalue weighted by molar-refractivity contribution is -0.323. The first-order valence-electron chi connectivity index (χ1n) is 12.7. The van der Waals surface area contributed by atoms with E-state index in [-0.39, 0.29) is 40.0 Å². The van der Waals surface area contributed by atoms with Crippen LogP contribution in [0, 0.1) is 0 Å². The average Bonchev–Trinajstić information content (AvgIpc) is 2.89. The molecule has 0 bridgehead atoms. The Morgan fingerprint density at radius 3 is 2.25 bits per heavy atom. The summed E-state index contributed by atoms with van der Waals surface area (Å²) in [4.78, 5) is 27.2. The van der Waals surface area contributed by atoms with Gasteiger partial charge in [-0.15, -0.1) is 0 Å². The third kappa shape index (κ3) is 4.18. The van der Waals surface area contributed by atoms with E-state index in [1.54, 1.807) is 0 Å². The quantitative estimate of drug-likeness (QED) is 0.296. The number of fused-ring (bicyclic) bond motifs is 3. The van der Waals surface area contributed by atoms with Crippen molar-refractivity contribution in [2.45, 2.75) is 68.8 Å². The third-order valence-electron chi connectivity index (χ3n) is 8.01. The van der Waals surface area contributed by atoms with E-state index in [9.17, 15) is 35.1 Å². The molecular formula is C28H32O12. The van der Waals surface area contributed by atoms with E-state index in [0.29, 0.717) is 5.56 Å². The van der Waals surface area contributed by atoms with Crippen molar-refractivity contribution in [3.63, 3.8) is 0 Å². The minimum Gasteiger partial charge on any atom is -0.507 e. The van der Waals surface area contributed by atoms with E-state index >= 15 is 0 Å². The summed E-state index contributed by atoms with van der Waals surface area (Å²) in [5.74, 6) is -2.30. The molecule has 216 valence electrons. The summed E-state index contributed by atoms with van der Waals surface area (Å²) < 4.78 is 28.1. The lowest BCUT2D eigenvalue weighted by Crippen LogP contribution is -2.59. The number of phenols is 2. The van der Waals surface area contributed by atoms with Crippen molar-refractivity contribution in [1.82, 2.24) is 0 Å². The molecule has 1 saturated heterocycles. The highest BCUT2D eigenvalue weighted by atomic mass is 16.7. The number of carbonyl (C=O) groups excluding carboxylic acids is 2. The van der Waals surface area contributed by atoms with Crippen molar-refractivity contribution in [3.8, 4) is 17.2 Å². The molecule has 0 radical (unpaired) electrons. The molecule has 2 aromatic carbocycles. The van der Waals surface area contributed by atoms with Crippen molar-refractivity contribution >= 4 is 11.6 Å². The van der Waals surface area contributed by atoms with Gasteiger partial charge in [-0.3, -0.25) is 9.59 Å². The summed E-state index contributed by atoms with van der Waals surface area (Å²) >= 11 is 0. The van der Waals surface area contributed by atoms with Crippen LogP contribution in [0.15, 0.2) is 18.2 Å². The Morgan fingerprint density at radius 1 is 0.950 bits per heavy atom. The molecule has 8 atom stereocenters. The Balaban J connectivity index is 1.67. The average molecular weight is 561 g/mol. The summed E-state index contributed by atoms with van der Waals surface area (Å²) in [6.07, 6.45) is -8.39. The van der Waals surface area contributed by atoms with Crippen molar-refractivity contribution in [3.05, 3.63) is 51.6 Å². The monoisotopic (exact) mass is 560 g/mol. The zero-order valence-corrected chi connectivity index (χ0v) is 22.6. The van der Waals surface area contributed by atoms with Gasteiger partial charge in [0.1, 0.15) is 47.8 Å². The summed E-state index contributed by atoms with van der Waals surface area (Å²) in [6, 6.07) is 3.95. The number of rotatable bonds is 5. The molecule has 1 fully saturated rings. The third-order valence-corrected chi connectivity index (χ3v) is 8.01. The van der Waals surface area contributed by atoms with Gasteiger partial charge in [-0.25, -0.2) is 0 Å². The van der Waals surface area contributed by atoms with Gasteiger partial charge < -0.3 is 49.2 Å². The van der Waals surface area contributed by atoms with Crippen LogP contribution in [0.1, 0.15) is 62.9 Å². The Hall–Kier alpha value is -3.10. The lowest BCUT2D eigenvalue weighted by atomic mass is 9.73. The van der Waals surface area contributed by atoms with Crippen LogP contribution in [0.4, 0.5) is 0 Å². The molecule has 5 rings (SSSR count).